The van der Waals surface area contributed by atoms with Gasteiger partial charge in [-0.2, -0.15) is 0 Å². The second-order valence-corrected chi connectivity index (χ2v) is 9.82. The maximum atomic E-state index is 15.0. The fraction of sp³-hybridized carbons (Fsp3) is 0.320. The Balaban J connectivity index is 1.49. The average Bonchev–Trinajstić information content (AvgIpc) is 3.29. The number of carbonyl (C=O) groups excluding carboxylic acids is 1. The average molecular weight is 497 g/mol. The second-order valence-electron chi connectivity index (χ2n) is 8.33. The van der Waals surface area contributed by atoms with Crippen LogP contribution < -0.4 is 0 Å². The van der Waals surface area contributed by atoms with Crippen molar-refractivity contribution >= 4 is 39.4 Å². The molecule has 1 aliphatic heterocycles. The highest BCUT2D eigenvalue weighted by Gasteiger charge is 2.22. The Hall–Kier alpha value is -2.81. The van der Waals surface area contributed by atoms with Crippen molar-refractivity contribution in [1.82, 2.24) is 19.9 Å². The van der Waals surface area contributed by atoms with Crippen LogP contribution in [-0.4, -0.2) is 39.4 Å². The molecule has 5 rings (SSSR count). The number of rotatable bonds is 7. The van der Waals surface area contributed by atoms with Gasteiger partial charge in [0.1, 0.15) is 18.4 Å². The van der Waals surface area contributed by atoms with E-state index in [9.17, 15) is 4.79 Å². The lowest BCUT2D eigenvalue weighted by Crippen LogP contribution is -2.15. The largest absolute Gasteiger partial charge is 0.381 e. The maximum Gasteiger partial charge on any atom is 0.151 e. The summed E-state index contributed by atoms with van der Waals surface area (Å²) in [5.41, 5.74) is 2.52. The molecule has 4 aromatic rings. The number of aromatic nitrogens is 4. The maximum absolute atomic E-state index is 15.0. The zero-order chi connectivity index (χ0) is 23.5. The highest BCUT2D eigenvalue weighted by molar-refractivity contribution is 7.19. The number of fused-ring (bicyclic) bond motifs is 1. The van der Waals surface area contributed by atoms with Crippen LogP contribution in [0.3, 0.4) is 0 Å². The molecule has 9 heteroatoms. The van der Waals surface area contributed by atoms with Crippen molar-refractivity contribution in [2.45, 2.75) is 31.6 Å². The first-order chi connectivity index (χ1) is 16.6. The van der Waals surface area contributed by atoms with Crippen LogP contribution in [0.4, 0.5) is 4.39 Å². The fourth-order valence-corrected chi connectivity index (χ4v) is 5.71. The summed E-state index contributed by atoms with van der Waals surface area (Å²) in [7, 11) is 0. The lowest BCUT2D eigenvalue weighted by Gasteiger charge is -2.21. The number of carbonyl (C=O) groups is 1. The standard InChI is InChI=1S/C25H22ClFN4O2S/c26-25-23(28-7-8-29-25)19(13-32)16-2-4-20(27)18(11-16)22-24-21(30-14-31-22)12-17(34-24)3-1-15-5-9-33-10-6-15/h2,4,7-8,11-15,19H,1,3,5-6,9-10H2. The van der Waals surface area contributed by atoms with Gasteiger partial charge in [-0.1, -0.05) is 17.7 Å². The van der Waals surface area contributed by atoms with E-state index in [2.05, 4.69) is 26.0 Å². The van der Waals surface area contributed by atoms with Crippen molar-refractivity contribution in [3.05, 3.63) is 70.1 Å². The molecule has 1 aliphatic rings. The van der Waals surface area contributed by atoms with Crippen LogP contribution in [0.2, 0.25) is 5.15 Å². The minimum Gasteiger partial charge on any atom is -0.381 e. The number of benzene rings is 1. The van der Waals surface area contributed by atoms with Crippen LogP contribution in [0.1, 0.15) is 41.3 Å². The Bertz CT molecular complexity index is 1330. The Morgan fingerprint density at radius 1 is 1.15 bits per heavy atom. The van der Waals surface area contributed by atoms with Gasteiger partial charge in [0, 0.05) is 36.0 Å². The zero-order valence-corrected chi connectivity index (χ0v) is 19.9. The molecule has 0 aliphatic carbocycles. The SMILES string of the molecule is O=CC(c1ccc(F)c(-c2ncnc3cc(CCC4CCOCC4)sc23)c1)c1nccnc1Cl. The predicted octanol–water partition coefficient (Wildman–Crippen LogP) is 5.63. The minimum atomic E-state index is -0.767. The molecular formula is C25H22ClFN4O2S. The van der Waals surface area contributed by atoms with Gasteiger partial charge in [-0.3, -0.25) is 4.98 Å². The Labute approximate surface area is 205 Å². The van der Waals surface area contributed by atoms with E-state index in [-0.39, 0.29) is 5.15 Å². The number of aryl methyl sites for hydroxylation is 1. The van der Waals surface area contributed by atoms with E-state index in [1.54, 1.807) is 23.5 Å². The summed E-state index contributed by atoms with van der Waals surface area (Å²) in [6.07, 6.45) is 9.37. The zero-order valence-electron chi connectivity index (χ0n) is 18.3. The Kier molecular flexibility index (Phi) is 6.89. The van der Waals surface area contributed by atoms with Crippen molar-refractivity contribution < 1.29 is 13.9 Å². The Morgan fingerprint density at radius 3 is 2.76 bits per heavy atom. The van der Waals surface area contributed by atoms with Crippen LogP contribution in [0.5, 0.6) is 0 Å². The van der Waals surface area contributed by atoms with Gasteiger partial charge in [0.15, 0.2) is 5.15 Å². The van der Waals surface area contributed by atoms with Crippen molar-refractivity contribution in [1.29, 1.82) is 0 Å². The van der Waals surface area contributed by atoms with E-state index in [1.165, 1.54) is 29.7 Å². The fourth-order valence-electron chi connectivity index (χ4n) is 4.36. The van der Waals surface area contributed by atoms with Crippen molar-refractivity contribution in [2.75, 3.05) is 13.2 Å². The van der Waals surface area contributed by atoms with Crippen LogP contribution >= 0.6 is 22.9 Å². The summed E-state index contributed by atoms with van der Waals surface area (Å²) in [4.78, 5) is 30.2. The third-order valence-electron chi connectivity index (χ3n) is 6.22. The van der Waals surface area contributed by atoms with E-state index in [0.29, 0.717) is 28.4 Å². The molecule has 0 N–H and O–H groups in total. The molecular weight excluding hydrogens is 475 g/mol. The van der Waals surface area contributed by atoms with Crippen molar-refractivity contribution in [3.63, 3.8) is 0 Å². The minimum absolute atomic E-state index is 0.141. The monoisotopic (exact) mass is 496 g/mol. The van der Waals surface area contributed by atoms with Gasteiger partial charge in [-0.15, -0.1) is 11.3 Å². The van der Waals surface area contributed by atoms with E-state index in [0.717, 1.165) is 55.4 Å². The number of ether oxygens (including phenoxy) is 1. The smallest absolute Gasteiger partial charge is 0.151 e. The normalized spacial score (nSPS) is 15.5. The predicted molar refractivity (Wildman–Crippen MR) is 130 cm³/mol. The van der Waals surface area contributed by atoms with E-state index < -0.39 is 11.7 Å². The molecule has 1 aromatic carbocycles. The number of thiophene rings is 1. The molecule has 3 aromatic heterocycles. The van der Waals surface area contributed by atoms with Gasteiger partial charge in [-0.05, 0) is 55.4 Å². The summed E-state index contributed by atoms with van der Waals surface area (Å²) >= 11 is 7.77. The molecule has 1 fully saturated rings. The van der Waals surface area contributed by atoms with Crippen molar-refractivity contribution in [3.8, 4) is 11.3 Å². The first kappa shape index (κ1) is 23.0. The third kappa shape index (κ3) is 4.71. The van der Waals surface area contributed by atoms with Gasteiger partial charge >= 0.3 is 0 Å². The molecule has 34 heavy (non-hydrogen) atoms. The van der Waals surface area contributed by atoms with Crippen LogP contribution in [-0.2, 0) is 16.0 Å². The highest BCUT2D eigenvalue weighted by Crippen LogP contribution is 2.36. The molecule has 6 nitrogen and oxygen atoms in total. The van der Waals surface area contributed by atoms with E-state index in [4.69, 9.17) is 16.3 Å². The first-order valence-corrected chi connectivity index (χ1v) is 12.4. The molecule has 1 atom stereocenters. The molecule has 4 heterocycles. The number of hydrogen-bond donors (Lipinski definition) is 0. The third-order valence-corrected chi connectivity index (χ3v) is 7.70. The number of aldehydes is 1. The molecule has 1 unspecified atom stereocenters. The van der Waals surface area contributed by atoms with E-state index in [1.807, 2.05) is 0 Å². The molecule has 0 amide bonds. The van der Waals surface area contributed by atoms with Gasteiger partial charge in [0.05, 0.1) is 27.5 Å². The quantitative estimate of drug-likeness (QED) is 0.308. The molecule has 0 spiro atoms. The van der Waals surface area contributed by atoms with Crippen molar-refractivity contribution in [2.24, 2.45) is 5.92 Å². The van der Waals surface area contributed by atoms with Gasteiger partial charge in [0.25, 0.3) is 0 Å². The number of nitrogens with zero attached hydrogens (tertiary/aromatic N) is 4. The number of hydrogen-bond acceptors (Lipinski definition) is 7. The van der Waals surface area contributed by atoms with Gasteiger partial charge < -0.3 is 9.53 Å². The molecule has 0 saturated carbocycles. The van der Waals surface area contributed by atoms with Gasteiger partial charge in [0.2, 0.25) is 0 Å². The molecule has 1 saturated heterocycles. The molecule has 0 radical (unpaired) electrons. The topological polar surface area (TPSA) is 77.9 Å². The highest BCUT2D eigenvalue weighted by atomic mass is 35.5. The van der Waals surface area contributed by atoms with Crippen LogP contribution in [0.15, 0.2) is 43.0 Å². The summed E-state index contributed by atoms with van der Waals surface area (Å²) < 4.78 is 21.3. The molecule has 174 valence electrons. The van der Waals surface area contributed by atoms with Gasteiger partial charge in [-0.25, -0.2) is 19.3 Å². The van der Waals surface area contributed by atoms with Crippen LogP contribution in [0.25, 0.3) is 21.5 Å². The first-order valence-electron chi connectivity index (χ1n) is 11.2. The number of halogens is 2. The Morgan fingerprint density at radius 2 is 1.97 bits per heavy atom. The lowest BCUT2D eigenvalue weighted by molar-refractivity contribution is -0.108. The summed E-state index contributed by atoms with van der Waals surface area (Å²) in [5.74, 6) is -0.515. The van der Waals surface area contributed by atoms with E-state index >= 15 is 4.39 Å². The summed E-state index contributed by atoms with van der Waals surface area (Å²) in [6.45, 7) is 1.67. The second kappa shape index (κ2) is 10.2. The van der Waals surface area contributed by atoms with Crippen LogP contribution in [0, 0.1) is 11.7 Å². The summed E-state index contributed by atoms with van der Waals surface area (Å²) in [6, 6.07) is 6.62. The molecule has 0 bridgehead atoms. The lowest BCUT2D eigenvalue weighted by atomic mass is 9.94. The summed E-state index contributed by atoms with van der Waals surface area (Å²) in [5, 5.41) is 0.141.